The molecule has 3 aromatic rings. The fourth-order valence-corrected chi connectivity index (χ4v) is 3.42. The number of aromatic nitrogens is 1. The lowest BCUT2D eigenvalue weighted by atomic mass is 10.2. The average Bonchev–Trinajstić information content (AvgIpc) is 2.96. The Bertz CT molecular complexity index is 1140. The van der Waals surface area contributed by atoms with Gasteiger partial charge in [-0.15, -0.1) is 0 Å². The van der Waals surface area contributed by atoms with Crippen molar-refractivity contribution in [2.75, 3.05) is 0 Å². The maximum atomic E-state index is 12.2. The van der Waals surface area contributed by atoms with Gasteiger partial charge in [-0.2, -0.15) is 5.10 Å². The quantitative estimate of drug-likeness (QED) is 0.448. The number of carboxylic acids is 1. The largest absolute Gasteiger partial charge is 0.478 e. The molecule has 0 aliphatic heterocycles. The van der Waals surface area contributed by atoms with Crippen molar-refractivity contribution in [2.45, 2.75) is 13.8 Å². The highest BCUT2D eigenvalue weighted by Crippen LogP contribution is 2.24. The van der Waals surface area contributed by atoms with E-state index in [1.165, 1.54) is 12.3 Å². The molecule has 0 atom stereocenters. The second-order valence-corrected chi connectivity index (χ2v) is 7.12. The van der Waals surface area contributed by atoms with Gasteiger partial charge < -0.3 is 9.67 Å². The number of hydrazone groups is 1. The molecule has 8 heteroatoms. The third kappa shape index (κ3) is 4.34. The van der Waals surface area contributed by atoms with E-state index in [1.807, 2.05) is 24.5 Å². The van der Waals surface area contributed by atoms with E-state index in [-0.39, 0.29) is 10.6 Å². The summed E-state index contributed by atoms with van der Waals surface area (Å²) in [6.07, 6.45) is 1.53. The highest BCUT2D eigenvalue weighted by atomic mass is 35.5. The molecule has 3 rings (SSSR count). The molecule has 1 aromatic heterocycles. The van der Waals surface area contributed by atoms with Gasteiger partial charge >= 0.3 is 5.97 Å². The number of carboxylic acid groups (broad SMARTS) is 1. The highest BCUT2D eigenvalue weighted by Gasteiger charge is 2.14. The van der Waals surface area contributed by atoms with Crippen LogP contribution in [0.5, 0.6) is 0 Å². The molecule has 2 aromatic carbocycles. The summed E-state index contributed by atoms with van der Waals surface area (Å²) in [5, 5.41) is 13.8. The van der Waals surface area contributed by atoms with E-state index in [0.29, 0.717) is 16.3 Å². The van der Waals surface area contributed by atoms with Crippen molar-refractivity contribution in [2.24, 2.45) is 5.10 Å². The van der Waals surface area contributed by atoms with Gasteiger partial charge in [-0.1, -0.05) is 35.3 Å². The summed E-state index contributed by atoms with van der Waals surface area (Å²) in [6.45, 7) is 3.76. The molecule has 1 amide bonds. The van der Waals surface area contributed by atoms with Crippen molar-refractivity contribution in [1.82, 2.24) is 9.99 Å². The van der Waals surface area contributed by atoms with Crippen LogP contribution in [0.4, 0.5) is 0 Å². The monoisotopic (exact) mass is 429 g/mol. The van der Waals surface area contributed by atoms with Crippen molar-refractivity contribution >= 4 is 41.3 Å². The predicted molar refractivity (Wildman–Crippen MR) is 114 cm³/mol. The standard InChI is InChI=1S/C21H17Cl2N3O3/c1-12-9-14(11-24-25-20(27)16-5-3-4-6-18(16)22)13(2)26(12)15-7-8-19(23)17(10-15)21(28)29/h3-11H,1-2H3,(H,25,27)(H,28,29)/b24-11-. The van der Waals surface area contributed by atoms with Gasteiger partial charge in [0.2, 0.25) is 0 Å². The first-order valence-electron chi connectivity index (χ1n) is 8.59. The van der Waals surface area contributed by atoms with Crippen LogP contribution in [0.15, 0.2) is 53.6 Å². The minimum Gasteiger partial charge on any atom is -0.478 e. The van der Waals surface area contributed by atoms with Gasteiger partial charge in [0.05, 0.1) is 27.4 Å². The number of nitrogens with zero attached hydrogens (tertiary/aromatic N) is 2. The maximum Gasteiger partial charge on any atom is 0.337 e. The van der Waals surface area contributed by atoms with Crippen molar-refractivity contribution in [3.8, 4) is 5.69 Å². The molecule has 0 aliphatic carbocycles. The summed E-state index contributed by atoms with van der Waals surface area (Å²) in [7, 11) is 0. The zero-order chi connectivity index (χ0) is 21.1. The molecule has 0 bridgehead atoms. The SMILES string of the molecule is Cc1cc(/C=N\NC(=O)c2ccccc2Cl)c(C)n1-c1ccc(Cl)c(C(=O)O)c1. The molecule has 0 radical (unpaired) electrons. The van der Waals surface area contributed by atoms with E-state index >= 15 is 0 Å². The van der Waals surface area contributed by atoms with Gasteiger partial charge in [0.15, 0.2) is 0 Å². The highest BCUT2D eigenvalue weighted by molar-refractivity contribution is 6.34. The number of hydrogen-bond acceptors (Lipinski definition) is 3. The van der Waals surface area contributed by atoms with Crippen molar-refractivity contribution in [3.63, 3.8) is 0 Å². The van der Waals surface area contributed by atoms with Crippen LogP contribution in [0.25, 0.3) is 5.69 Å². The topological polar surface area (TPSA) is 83.7 Å². The van der Waals surface area contributed by atoms with Crippen LogP contribution >= 0.6 is 23.2 Å². The van der Waals surface area contributed by atoms with E-state index in [0.717, 1.165) is 17.0 Å². The predicted octanol–water partition coefficient (Wildman–Crippen LogP) is 4.86. The summed E-state index contributed by atoms with van der Waals surface area (Å²) in [6, 6.07) is 13.4. The van der Waals surface area contributed by atoms with Crippen LogP contribution in [0, 0.1) is 13.8 Å². The van der Waals surface area contributed by atoms with Gasteiger partial charge in [0.25, 0.3) is 5.91 Å². The number of hydrogen-bond donors (Lipinski definition) is 2. The number of nitrogens with one attached hydrogen (secondary N) is 1. The van der Waals surface area contributed by atoms with E-state index in [1.54, 1.807) is 36.4 Å². The molecule has 29 heavy (non-hydrogen) atoms. The van der Waals surface area contributed by atoms with E-state index in [2.05, 4.69) is 10.5 Å². The van der Waals surface area contributed by atoms with Crippen molar-refractivity contribution < 1.29 is 14.7 Å². The number of carbonyl (C=O) groups is 2. The number of rotatable bonds is 5. The van der Waals surface area contributed by atoms with Crippen molar-refractivity contribution in [1.29, 1.82) is 0 Å². The first-order valence-corrected chi connectivity index (χ1v) is 9.35. The molecule has 2 N–H and O–H groups in total. The number of aryl methyl sites for hydroxylation is 1. The Hall–Kier alpha value is -3.09. The number of benzene rings is 2. The number of aromatic carboxylic acids is 1. The molecule has 0 saturated carbocycles. The zero-order valence-corrected chi connectivity index (χ0v) is 17.1. The van der Waals surface area contributed by atoms with Crippen LogP contribution in [0.1, 0.15) is 37.7 Å². The molecule has 0 aliphatic rings. The molecule has 1 heterocycles. The van der Waals surface area contributed by atoms with E-state index in [9.17, 15) is 14.7 Å². The Labute approximate surface area is 177 Å². The Balaban J connectivity index is 1.86. The molecule has 6 nitrogen and oxygen atoms in total. The fourth-order valence-electron chi connectivity index (χ4n) is 3.00. The third-order valence-corrected chi connectivity index (χ3v) is 5.06. The Kier molecular flexibility index (Phi) is 6.06. The van der Waals surface area contributed by atoms with Gasteiger partial charge in [-0.3, -0.25) is 4.79 Å². The summed E-state index contributed by atoms with van der Waals surface area (Å²) in [5.74, 6) is -1.51. The second-order valence-electron chi connectivity index (χ2n) is 6.31. The van der Waals surface area contributed by atoms with Crippen molar-refractivity contribution in [3.05, 3.63) is 86.7 Å². The average molecular weight is 430 g/mol. The minimum atomic E-state index is -1.09. The summed E-state index contributed by atoms with van der Waals surface area (Å²) in [4.78, 5) is 23.5. The lowest BCUT2D eigenvalue weighted by Gasteiger charge is -2.11. The Morgan fingerprint density at radius 3 is 2.41 bits per heavy atom. The van der Waals surface area contributed by atoms with Crippen LogP contribution in [0.3, 0.4) is 0 Å². The smallest absolute Gasteiger partial charge is 0.337 e. The summed E-state index contributed by atoms with van der Waals surface area (Å²) < 4.78 is 1.89. The van der Waals surface area contributed by atoms with Crippen LogP contribution < -0.4 is 5.43 Å². The van der Waals surface area contributed by atoms with Crippen LogP contribution in [0.2, 0.25) is 10.0 Å². The minimum absolute atomic E-state index is 0.0267. The van der Waals surface area contributed by atoms with Gasteiger partial charge in [0, 0.05) is 22.6 Å². The third-order valence-electron chi connectivity index (χ3n) is 4.40. The fraction of sp³-hybridized carbons (Fsp3) is 0.0952. The van der Waals surface area contributed by atoms with E-state index in [4.69, 9.17) is 23.2 Å². The molecule has 0 saturated heterocycles. The van der Waals surface area contributed by atoms with Crippen LogP contribution in [-0.4, -0.2) is 27.8 Å². The lowest BCUT2D eigenvalue weighted by molar-refractivity contribution is 0.0696. The van der Waals surface area contributed by atoms with E-state index < -0.39 is 11.9 Å². The molecular formula is C21H17Cl2N3O3. The number of halogens is 2. The zero-order valence-electron chi connectivity index (χ0n) is 15.6. The molecule has 0 unspecified atom stereocenters. The van der Waals surface area contributed by atoms with Gasteiger partial charge in [-0.25, -0.2) is 10.2 Å². The van der Waals surface area contributed by atoms with Gasteiger partial charge in [-0.05, 0) is 50.2 Å². The molecule has 0 fully saturated rings. The summed E-state index contributed by atoms with van der Waals surface area (Å²) in [5.41, 5.74) is 5.96. The van der Waals surface area contributed by atoms with Crippen LogP contribution in [-0.2, 0) is 0 Å². The molecule has 0 spiro atoms. The molecular weight excluding hydrogens is 413 g/mol. The first-order chi connectivity index (χ1) is 13.8. The maximum absolute atomic E-state index is 12.2. The Morgan fingerprint density at radius 2 is 1.72 bits per heavy atom. The normalized spacial score (nSPS) is 11.0. The lowest BCUT2D eigenvalue weighted by Crippen LogP contribution is -2.18. The molecule has 148 valence electrons. The van der Waals surface area contributed by atoms with Gasteiger partial charge in [0.1, 0.15) is 0 Å². The number of carbonyl (C=O) groups excluding carboxylic acids is 1. The first kappa shape index (κ1) is 20.6. The number of amides is 1. The summed E-state index contributed by atoms with van der Waals surface area (Å²) >= 11 is 12.0. The second kappa shape index (κ2) is 8.51. The Morgan fingerprint density at radius 1 is 1.03 bits per heavy atom.